The standard InChI is InChI=1S/C20H17FIN5O3/c21-14-5-12(17-13(6-14)9-29-10-30-17)8-24-19-16(18(23)28)20(27-26-19)25-15-3-1-11(7-22)2-4-15/h1-6,8H,7,9-10H2,(H2,23,28)(H2,25,26,27)/b24-8+. The van der Waals surface area contributed by atoms with E-state index in [1.165, 1.54) is 23.9 Å². The van der Waals surface area contributed by atoms with Crippen LogP contribution in [0.25, 0.3) is 0 Å². The van der Waals surface area contributed by atoms with E-state index in [1.807, 2.05) is 24.3 Å². The Balaban J connectivity index is 1.64. The Morgan fingerprint density at radius 1 is 1.37 bits per heavy atom. The van der Waals surface area contributed by atoms with Crippen molar-refractivity contribution in [2.24, 2.45) is 10.7 Å². The Kier molecular flexibility index (Phi) is 5.95. The summed E-state index contributed by atoms with van der Waals surface area (Å²) in [5, 5.41) is 9.87. The van der Waals surface area contributed by atoms with Crippen LogP contribution in [0.2, 0.25) is 0 Å². The van der Waals surface area contributed by atoms with Crippen molar-refractivity contribution in [2.45, 2.75) is 11.0 Å². The number of fused-ring (bicyclic) bond motifs is 1. The molecule has 4 N–H and O–H groups in total. The number of ether oxygens (including phenoxy) is 2. The summed E-state index contributed by atoms with van der Waals surface area (Å²) in [4.78, 5) is 16.3. The Hall–Kier alpha value is -2.99. The van der Waals surface area contributed by atoms with E-state index >= 15 is 0 Å². The number of aromatic nitrogens is 2. The molecule has 0 aliphatic carbocycles. The van der Waals surface area contributed by atoms with E-state index in [9.17, 15) is 9.18 Å². The zero-order valence-corrected chi connectivity index (χ0v) is 17.8. The number of hydrogen-bond acceptors (Lipinski definition) is 6. The van der Waals surface area contributed by atoms with E-state index in [1.54, 1.807) is 0 Å². The number of nitrogens with zero attached hydrogens (tertiary/aromatic N) is 2. The predicted octanol–water partition coefficient (Wildman–Crippen LogP) is 3.94. The van der Waals surface area contributed by atoms with Gasteiger partial charge in [0.1, 0.15) is 17.1 Å². The molecule has 0 fully saturated rings. The molecule has 3 aromatic rings. The van der Waals surface area contributed by atoms with Crippen LogP contribution >= 0.6 is 22.6 Å². The zero-order valence-electron chi connectivity index (χ0n) is 15.6. The largest absolute Gasteiger partial charge is 0.466 e. The summed E-state index contributed by atoms with van der Waals surface area (Å²) in [5.41, 5.74) is 8.57. The van der Waals surface area contributed by atoms with Crippen LogP contribution in [-0.4, -0.2) is 29.1 Å². The zero-order chi connectivity index (χ0) is 21.1. The second-order valence-electron chi connectivity index (χ2n) is 6.47. The molecule has 4 rings (SSSR count). The molecule has 1 aliphatic rings. The first-order valence-electron chi connectivity index (χ1n) is 8.92. The van der Waals surface area contributed by atoms with Crippen molar-refractivity contribution in [3.63, 3.8) is 0 Å². The van der Waals surface area contributed by atoms with Gasteiger partial charge in [0, 0.05) is 27.5 Å². The number of primary amides is 1. The van der Waals surface area contributed by atoms with Gasteiger partial charge in [-0.05, 0) is 29.8 Å². The maximum atomic E-state index is 13.9. The third-order valence-electron chi connectivity index (χ3n) is 4.40. The SMILES string of the molecule is NC(=O)c1c(Nc2ccc(CI)cc2)n[nH]c1/N=C/c1cc(F)cc2c1OCOC2. The molecule has 154 valence electrons. The molecule has 0 saturated heterocycles. The molecule has 10 heteroatoms. The lowest BCUT2D eigenvalue weighted by atomic mass is 10.1. The number of alkyl halides is 1. The fourth-order valence-corrected chi connectivity index (χ4v) is 3.51. The molecule has 2 aromatic carbocycles. The van der Waals surface area contributed by atoms with E-state index in [0.717, 1.165) is 10.1 Å². The van der Waals surface area contributed by atoms with E-state index in [2.05, 4.69) is 43.1 Å². The van der Waals surface area contributed by atoms with Crippen molar-refractivity contribution in [1.29, 1.82) is 0 Å². The van der Waals surface area contributed by atoms with Crippen LogP contribution in [0.4, 0.5) is 21.7 Å². The van der Waals surface area contributed by atoms with Crippen LogP contribution < -0.4 is 15.8 Å². The number of benzene rings is 2. The average Bonchev–Trinajstić information content (AvgIpc) is 3.15. The van der Waals surface area contributed by atoms with Gasteiger partial charge in [-0.15, -0.1) is 0 Å². The van der Waals surface area contributed by atoms with Gasteiger partial charge in [0.2, 0.25) is 0 Å². The molecular formula is C20H17FIN5O3. The van der Waals surface area contributed by atoms with Crippen LogP contribution in [0.3, 0.4) is 0 Å². The first-order valence-corrected chi connectivity index (χ1v) is 10.4. The Labute approximate surface area is 184 Å². The molecule has 30 heavy (non-hydrogen) atoms. The number of H-pyrrole nitrogens is 1. The smallest absolute Gasteiger partial charge is 0.256 e. The number of amides is 1. The summed E-state index contributed by atoms with van der Waals surface area (Å²) < 4.78 is 25.4. The van der Waals surface area contributed by atoms with Gasteiger partial charge in [-0.1, -0.05) is 34.7 Å². The van der Waals surface area contributed by atoms with E-state index in [-0.39, 0.29) is 30.6 Å². The minimum absolute atomic E-state index is 0.0699. The molecule has 0 bridgehead atoms. The summed E-state index contributed by atoms with van der Waals surface area (Å²) in [6, 6.07) is 10.4. The molecule has 1 aromatic heterocycles. The number of aromatic amines is 1. The highest BCUT2D eigenvalue weighted by Crippen LogP contribution is 2.30. The molecule has 0 unspecified atom stereocenters. The minimum Gasteiger partial charge on any atom is -0.466 e. The van der Waals surface area contributed by atoms with Gasteiger partial charge in [0.05, 0.1) is 6.61 Å². The van der Waals surface area contributed by atoms with Gasteiger partial charge in [-0.25, -0.2) is 9.38 Å². The number of rotatable bonds is 6. The van der Waals surface area contributed by atoms with Crippen LogP contribution in [0, 0.1) is 5.82 Å². The number of aliphatic imine (C=N–C) groups is 1. The molecule has 2 heterocycles. The van der Waals surface area contributed by atoms with Crippen molar-refractivity contribution < 1.29 is 18.7 Å². The Bertz CT molecular complexity index is 1110. The van der Waals surface area contributed by atoms with Crippen molar-refractivity contribution in [1.82, 2.24) is 10.2 Å². The first-order chi connectivity index (χ1) is 14.5. The number of halogens is 2. The molecule has 8 nitrogen and oxygen atoms in total. The normalized spacial score (nSPS) is 13.1. The van der Waals surface area contributed by atoms with E-state index in [4.69, 9.17) is 15.2 Å². The molecular weight excluding hydrogens is 504 g/mol. The summed E-state index contributed by atoms with van der Waals surface area (Å²) in [6.45, 7) is 0.315. The van der Waals surface area contributed by atoms with Crippen molar-refractivity contribution in [2.75, 3.05) is 12.1 Å². The highest BCUT2D eigenvalue weighted by atomic mass is 127. The highest BCUT2D eigenvalue weighted by molar-refractivity contribution is 14.1. The van der Waals surface area contributed by atoms with Gasteiger partial charge in [0.25, 0.3) is 5.91 Å². The Morgan fingerprint density at radius 3 is 2.90 bits per heavy atom. The van der Waals surface area contributed by atoms with Crippen LogP contribution in [0.15, 0.2) is 41.4 Å². The van der Waals surface area contributed by atoms with Crippen molar-refractivity contribution >= 4 is 52.0 Å². The lowest BCUT2D eigenvalue weighted by Crippen LogP contribution is -2.13. The van der Waals surface area contributed by atoms with E-state index < -0.39 is 11.7 Å². The Morgan fingerprint density at radius 2 is 2.17 bits per heavy atom. The number of nitrogens with one attached hydrogen (secondary N) is 2. The lowest BCUT2D eigenvalue weighted by molar-refractivity contribution is -0.0166. The van der Waals surface area contributed by atoms with Gasteiger partial charge in [-0.3, -0.25) is 9.89 Å². The molecule has 1 amide bonds. The van der Waals surface area contributed by atoms with Gasteiger partial charge >= 0.3 is 0 Å². The molecule has 0 atom stereocenters. The number of anilines is 2. The fourth-order valence-electron chi connectivity index (χ4n) is 3.00. The minimum atomic E-state index is -0.701. The fraction of sp³-hybridized carbons (Fsp3) is 0.150. The van der Waals surface area contributed by atoms with Gasteiger partial charge in [0.15, 0.2) is 18.4 Å². The number of nitrogens with two attached hydrogens (primary N) is 1. The number of hydrogen-bond donors (Lipinski definition) is 3. The van der Waals surface area contributed by atoms with Crippen LogP contribution in [-0.2, 0) is 15.8 Å². The summed E-state index contributed by atoms with van der Waals surface area (Å²) in [5.74, 6) is -0.253. The van der Waals surface area contributed by atoms with E-state index in [0.29, 0.717) is 16.9 Å². The number of carbonyl (C=O) groups is 1. The van der Waals surface area contributed by atoms with Crippen LogP contribution in [0.1, 0.15) is 27.0 Å². The number of carbonyl (C=O) groups excluding carboxylic acids is 1. The molecule has 1 aliphatic heterocycles. The third kappa shape index (κ3) is 4.28. The van der Waals surface area contributed by atoms with Gasteiger partial charge < -0.3 is 20.5 Å². The van der Waals surface area contributed by atoms with Crippen LogP contribution in [0.5, 0.6) is 5.75 Å². The summed E-state index contributed by atoms with van der Waals surface area (Å²) >= 11 is 2.28. The first kappa shape index (κ1) is 20.3. The monoisotopic (exact) mass is 521 g/mol. The molecule has 0 spiro atoms. The lowest BCUT2D eigenvalue weighted by Gasteiger charge is -2.19. The maximum absolute atomic E-state index is 13.9. The quantitative estimate of drug-likeness (QED) is 0.258. The summed E-state index contributed by atoms with van der Waals surface area (Å²) in [7, 11) is 0. The average molecular weight is 521 g/mol. The summed E-state index contributed by atoms with van der Waals surface area (Å²) in [6.07, 6.45) is 1.40. The molecule has 0 saturated carbocycles. The van der Waals surface area contributed by atoms with Crippen molar-refractivity contribution in [3.8, 4) is 5.75 Å². The third-order valence-corrected chi connectivity index (χ3v) is 5.28. The van der Waals surface area contributed by atoms with Gasteiger partial charge in [-0.2, -0.15) is 5.10 Å². The second kappa shape index (κ2) is 8.79. The maximum Gasteiger partial charge on any atom is 0.256 e. The molecule has 0 radical (unpaired) electrons. The highest BCUT2D eigenvalue weighted by Gasteiger charge is 2.19. The topological polar surface area (TPSA) is 115 Å². The predicted molar refractivity (Wildman–Crippen MR) is 118 cm³/mol. The second-order valence-corrected chi connectivity index (χ2v) is 7.23. The van der Waals surface area contributed by atoms with Crippen molar-refractivity contribution in [3.05, 3.63) is 64.5 Å².